The van der Waals surface area contributed by atoms with Crippen LogP contribution in [0.25, 0.3) is 0 Å². The van der Waals surface area contributed by atoms with Gasteiger partial charge >= 0.3 is 0 Å². The zero-order chi connectivity index (χ0) is 13.3. The molecule has 1 aliphatic rings. The molecule has 0 saturated heterocycles. The van der Waals surface area contributed by atoms with Crippen LogP contribution in [0.1, 0.15) is 38.2 Å². The average Bonchev–Trinajstić information content (AvgIpc) is 2.33. The van der Waals surface area contributed by atoms with Crippen LogP contribution in [-0.2, 0) is 10.2 Å². The van der Waals surface area contributed by atoms with E-state index in [0.29, 0.717) is 22.2 Å². The van der Waals surface area contributed by atoms with Gasteiger partial charge in [-0.3, -0.25) is 4.79 Å². The standard InChI is InChI=1S/C14H17BrO3/c1-14(6-4-3-5-13(14)17)9-7-12(18-2)10(15)8-11(9)16/h7-8,16H,3-6H2,1-2H3. The van der Waals surface area contributed by atoms with Gasteiger partial charge in [0.25, 0.3) is 0 Å². The molecule has 0 radical (unpaired) electrons. The first-order valence-corrected chi connectivity index (χ1v) is 6.88. The molecule has 1 saturated carbocycles. The number of Topliss-reactive ketones (excluding diaryl/α,β-unsaturated/α-hetero) is 1. The molecule has 3 nitrogen and oxygen atoms in total. The summed E-state index contributed by atoms with van der Waals surface area (Å²) in [7, 11) is 1.58. The predicted molar refractivity (Wildman–Crippen MR) is 73.2 cm³/mol. The van der Waals surface area contributed by atoms with Gasteiger partial charge in [0.1, 0.15) is 17.3 Å². The molecule has 4 heteroatoms. The monoisotopic (exact) mass is 312 g/mol. The summed E-state index contributed by atoms with van der Waals surface area (Å²) in [6.07, 6.45) is 3.33. The van der Waals surface area contributed by atoms with Gasteiger partial charge in [-0.15, -0.1) is 0 Å². The number of hydrogen-bond donors (Lipinski definition) is 1. The summed E-state index contributed by atoms with van der Waals surface area (Å²) >= 11 is 3.33. The van der Waals surface area contributed by atoms with Crippen molar-refractivity contribution >= 4 is 21.7 Å². The number of ether oxygens (including phenoxy) is 1. The Labute approximate surface area is 115 Å². The summed E-state index contributed by atoms with van der Waals surface area (Å²) < 4.78 is 5.94. The van der Waals surface area contributed by atoms with E-state index in [1.54, 1.807) is 19.2 Å². The first-order chi connectivity index (χ1) is 8.49. The normalized spacial score (nSPS) is 24.1. The fraction of sp³-hybridized carbons (Fsp3) is 0.500. The summed E-state index contributed by atoms with van der Waals surface area (Å²) in [6, 6.07) is 3.37. The van der Waals surface area contributed by atoms with Crippen LogP contribution in [0.2, 0.25) is 0 Å². The lowest BCUT2D eigenvalue weighted by molar-refractivity contribution is -0.126. The summed E-state index contributed by atoms with van der Waals surface area (Å²) in [5.74, 6) is 0.997. The summed E-state index contributed by atoms with van der Waals surface area (Å²) in [6.45, 7) is 1.91. The molecule has 0 aliphatic heterocycles. The number of ketones is 1. The number of phenolic OH excluding ortho intramolecular Hbond substituents is 1. The Bertz CT molecular complexity index is 484. The zero-order valence-corrected chi connectivity index (χ0v) is 12.2. The SMILES string of the molecule is COc1cc(C2(C)CCCCC2=O)c(O)cc1Br. The first kappa shape index (κ1) is 13.4. The van der Waals surface area contributed by atoms with Gasteiger partial charge in [0, 0.05) is 12.0 Å². The van der Waals surface area contributed by atoms with Gasteiger partial charge < -0.3 is 9.84 Å². The Kier molecular flexibility index (Phi) is 3.66. The number of rotatable bonds is 2. The fourth-order valence-electron chi connectivity index (χ4n) is 2.61. The van der Waals surface area contributed by atoms with Crippen LogP contribution < -0.4 is 4.74 Å². The molecule has 1 aromatic carbocycles. The number of aromatic hydroxyl groups is 1. The number of methoxy groups -OCH3 is 1. The maximum absolute atomic E-state index is 12.2. The van der Waals surface area contributed by atoms with E-state index in [9.17, 15) is 9.90 Å². The summed E-state index contributed by atoms with van der Waals surface area (Å²) in [4.78, 5) is 12.2. The third kappa shape index (κ3) is 2.14. The van der Waals surface area contributed by atoms with Crippen LogP contribution >= 0.6 is 15.9 Å². The Balaban J connectivity index is 2.52. The van der Waals surface area contributed by atoms with Crippen molar-refractivity contribution in [3.8, 4) is 11.5 Å². The molecule has 1 unspecified atom stereocenters. The number of benzene rings is 1. The predicted octanol–water partition coefficient (Wildman–Crippen LogP) is 3.56. The molecule has 1 aromatic rings. The molecule has 18 heavy (non-hydrogen) atoms. The van der Waals surface area contributed by atoms with Crippen molar-refractivity contribution in [2.24, 2.45) is 0 Å². The van der Waals surface area contributed by atoms with Gasteiger partial charge in [0.15, 0.2) is 0 Å². The molecule has 0 aromatic heterocycles. The smallest absolute Gasteiger partial charge is 0.143 e. The lowest BCUT2D eigenvalue weighted by Crippen LogP contribution is -2.35. The number of hydrogen-bond acceptors (Lipinski definition) is 3. The van der Waals surface area contributed by atoms with Gasteiger partial charge in [0.05, 0.1) is 17.0 Å². The molecule has 0 spiro atoms. The van der Waals surface area contributed by atoms with E-state index in [1.165, 1.54) is 0 Å². The van der Waals surface area contributed by atoms with Crippen molar-refractivity contribution in [3.05, 3.63) is 22.2 Å². The van der Waals surface area contributed by atoms with E-state index in [1.807, 2.05) is 6.92 Å². The molecular formula is C14H17BrO3. The average molecular weight is 313 g/mol. The van der Waals surface area contributed by atoms with Gasteiger partial charge in [-0.25, -0.2) is 0 Å². The molecule has 0 amide bonds. The van der Waals surface area contributed by atoms with E-state index in [4.69, 9.17) is 4.74 Å². The quantitative estimate of drug-likeness (QED) is 0.908. The van der Waals surface area contributed by atoms with E-state index in [2.05, 4.69) is 15.9 Å². The Morgan fingerprint density at radius 3 is 2.72 bits per heavy atom. The Morgan fingerprint density at radius 1 is 1.39 bits per heavy atom. The van der Waals surface area contributed by atoms with E-state index < -0.39 is 5.41 Å². The van der Waals surface area contributed by atoms with Crippen LogP contribution in [0, 0.1) is 0 Å². The highest BCUT2D eigenvalue weighted by molar-refractivity contribution is 9.10. The molecule has 0 heterocycles. The maximum atomic E-state index is 12.2. The Morgan fingerprint density at radius 2 is 2.11 bits per heavy atom. The highest BCUT2D eigenvalue weighted by Gasteiger charge is 2.39. The van der Waals surface area contributed by atoms with Crippen molar-refractivity contribution in [2.45, 2.75) is 38.0 Å². The van der Waals surface area contributed by atoms with Crippen LogP contribution in [0.5, 0.6) is 11.5 Å². The molecule has 98 valence electrons. The summed E-state index contributed by atoms with van der Waals surface area (Å²) in [5.41, 5.74) is 0.0864. The molecular weight excluding hydrogens is 296 g/mol. The van der Waals surface area contributed by atoms with Crippen LogP contribution in [0.15, 0.2) is 16.6 Å². The van der Waals surface area contributed by atoms with Gasteiger partial charge in [-0.2, -0.15) is 0 Å². The van der Waals surface area contributed by atoms with E-state index in [0.717, 1.165) is 19.3 Å². The van der Waals surface area contributed by atoms with Crippen LogP contribution in [0.3, 0.4) is 0 Å². The summed E-state index contributed by atoms with van der Waals surface area (Å²) in [5, 5.41) is 10.1. The molecule has 1 atom stereocenters. The number of carbonyl (C=O) groups excluding carboxylic acids is 1. The minimum Gasteiger partial charge on any atom is -0.508 e. The fourth-order valence-corrected chi connectivity index (χ4v) is 3.10. The Hall–Kier alpha value is -1.03. The second kappa shape index (κ2) is 4.92. The number of carbonyl (C=O) groups is 1. The van der Waals surface area contributed by atoms with Crippen molar-refractivity contribution in [3.63, 3.8) is 0 Å². The maximum Gasteiger partial charge on any atom is 0.143 e. The van der Waals surface area contributed by atoms with Crippen molar-refractivity contribution in [2.75, 3.05) is 7.11 Å². The van der Waals surface area contributed by atoms with E-state index in [-0.39, 0.29) is 11.5 Å². The largest absolute Gasteiger partial charge is 0.508 e. The van der Waals surface area contributed by atoms with Gasteiger partial charge in [-0.1, -0.05) is 6.42 Å². The molecule has 1 aliphatic carbocycles. The highest BCUT2D eigenvalue weighted by Crippen LogP contribution is 2.43. The minimum absolute atomic E-state index is 0.153. The third-order valence-electron chi connectivity index (χ3n) is 3.81. The number of phenols is 1. The van der Waals surface area contributed by atoms with Crippen LogP contribution in [-0.4, -0.2) is 18.0 Å². The topological polar surface area (TPSA) is 46.5 Å². The lowest BCUT2D eigenvalue weighted by Gasteiger charge is -2.33. The molecule has 1 fully saturated rings. The number of halogens is 1. The second-order valence-electron chi connectivity index (χ2n) is 4.97. The zero-order valence-electron chi connectivity index (χ0n) is 10.6. The lowest BCUT2D eigenvalue weighted by atomic mass is 9.69. The third-order valence-corrected chi connectivity index (χ3v) is 4.43. The highest BCUT2D eigenvalue weighted by atomic mass is 79.9. The van der Waals surface area contributed by atoms with E-state index >= 15 is 0 Å². The van der Waals surface area contributed by atoms with Crippen molar-refractivity contribution in [1.29, 1.82) is 0 Å². The molecule has 0 bridgehead atoms. The van der Waals surface area contributed by atoms with Crippen LogP contribution in [0.4, 0.5) is 0 Å². The van der Waals surface area contributed by atoms with Gasteiger partial charge in [0.2, 0.25) is 0 Å². The minimum atomic E-state index is -0.587. The second-order valence-corrected chi connectivity index (χ2v) is 5.82. The molecule has 2 rings (SSSR count). The molecule has 1 N–H and O–H groups in total. The van der Waals surface area contributed by atoms with Crippen molar-refractivity contribution < 1.29 is 14.6 Å². The first-order valence-electron chi connectivity index (χ1n) is 6.09. The van der Waals surface area contributed by atoms with Gasteiger partial charge in [-0.05, 0) is 47.8 Å². The van der Waals surface area contributed by atoms with Crippen molar-refractivity contribution in [1.82, 2.24) is 0 Å².